The summed E-state index contributed by atoms with van der Waals surface area (Å²) in [4.78, 5) is 11.4. The highest BCUT2D eigenvalue weighted by Crippen LogP contribution is 2.25. The van der Waals surface area contributed by atoms with Gasteiger partial charge in [-0.05, 0) is 30.6 Å². The van der Waals surface area contributed by atoms with Gasteiger partial charge in [-0.3, -0.25) is 4.79 Å². The summed E-state index contributed by atoms with van der Waals surface area (Å²) >= 11 is 0. The highest BCUT2D eigenvalue weighted by atomic mass is 16.5. The molecule has 2 heteroatoms. The van der Waals surface area contributed by atoms with Gasteiger partial charge >= 0.3 is 5.97 Å². The van der Waals surface area contributed by atoms with Gasteiger partial charge in [0.05, 0.1) is 6.61 Å². The van der Waals surface area contributed by atoms with Crippen LogP contribution < -0.4 is 0 Å². The van der Waals surface area contributed by atoms with Gasteiger partial charge in [0, 0.05) is 6.42 Å². The molecule has 0 heterocycles. The van der Waals surface area contributed by atoms with Crippen LogP contribution in [0.25, 0.3) is 0 Å². The summed E-state index contributed by atoms with van der Waals surface area (Å²) in [5.74, 6) is 1.50. The second-order valence-electron chi connectivity index (χ2n) is 4.96. The standard InChI is InChI=1S/C13H22O2/c1-10(2)8-13(14)15-9-12-7-5-4-6-11(12)3/h4-5,10-12H,6-9H2,1-3H3/t11-,12-/m1/s1. The Morgan fingerprint density at radius 3 is 2.67 bits per heavy atom. The number of carbonyl (C=O) groups excluding carboxylic acids is 1. The SMILES string of the molecule is CC(C)CC(=O)OC[C@H]1CC=CC[C@H]1C. The molecule has 0 N–H and O–H groups in total. The summed E-state index contributed by atoms with van der Waals surface area (Å²) < 4.78 is 5.29. The molecular formula is C13H22O2. The molecule has 0 aromatic carbocycles. The summed E-state index contributed by atoms with van der Waals surface area (Å²) in [6.45, 7) is 6.89. The lowest BCUT2D eigenvalue weighted by atomic mass is 9.85. The smallest absolute Gasteiger partial charge is 0.306 e. The van der Waals surface area contributed by atoms with Crippen LogP contribution in [0.1, 0.15) is 40.0 Å². The van der Waals surface area contributed by atoms with Gasteiger partial charge < -0.3 is 4.74 Å². The van der Waals surface area contributed by atoms with Crippen LogP contribution >= 0.6 is 0 Å². The third-order valence-corrected chi connectivity index (χ3v) is 2.95. The van der Waals surface area contributed by atoms with E-state index in [1.165, 1.54) is 0 Å². The molecule has 0 unspecified atom stereocenters. The molecule has 0 radical (unpaired) electrons. The van der Waals surface area contributed by atoms with Crippen molar-refractivity contribution in [1.82, 2.24) is 0 Å². The van der Waals surface area contributed by atoms with E-state index >= 15 is 0 Å². The molecule has 0 aliphatic heterocycles. The fraction of sp³-hybridized carbons (Fsp3) is 0.769. The van der Waals surface area contributed by atoms with Crippen LogP contribution in [-0.2, 0) is 9.53 Å². The lowest BCUT2D eigenvalue weighted by Crippen LogP contribution is -2.22. The minimum Gasteiger partial charge on any atom is -0.465 e. The summed E-state index contributed by atoms with van der Waals surface area (Å²) in [6.07, 6.45) is 7.12. The van der Waals surface area contributed by atoms with E-state index in [1.807, 2.05) is 13.8 Å². The van der Waals surface area contributed by atoms with Crippen LogP contribution in [0.5, 0.6) is 0 Å². The molecule has 0 fully saturated rings. The number of esters is 1. The Bertz CT molecular complexity index is 231. The lowest BCUT2D eigenvalue weighted by molar-refractivity contribution is -0.146. The van der Waals surface area contributed by atoms with E-state index in [0.717, 1.165) is 12.8 Å². The maximum absolute atomic E-state index is 11.4. The zero-order valence-corrected chi connectivity index (χ0v) is 10.0. The highest BCUT2D eigenvalue weighted by Gasteiger charge is 2.19. The molecule has 1 rings (SSSR count). The van der Waals surface area contributed by atoms with Crippen molar-refractivity contribution in [3.8, 4) is 0 Å². The average molecular weight is 210 g/mol. The van der Waals surface area contributed by atoms with Crippen molar-refractivity contribution >= 4 is 5.97 Å². The molecule has 0 spiro atoms. The minimum absolute atomic E-state index is 0.0493. The van der Waals surface area contributed by atoms with Crippen molar-refractivity contribution in [1.29, 1.82) is 0 Å². The first-order valence-electron chi connectivity index (χ1n) is 5.90. The van der Waals surface area contributed by atoms with Crippen LogP contribution in [0.4, 0.5) is 0 Å². The largest absolute Gasteiger partial charge is 0.465 e. The Hall–Kier alpha value is -0.790. The Balaban J connectivity index is 2.24. The summed E-state index contributed by atoms with van der Waals surface area (Å²) in [7, 11) is 0. The zero-order valence-electron chi connectivity index (χ0n) is 10.0. The van der Waals surface area contributed by atoms with E-state index in [9.17, 15) is 4.79 Å². The van der Waals surface area contributed by atoms with Gasteiger partial charge in [0.15, 0.2) is 0 Å². The molecule has 86 valence electrons. The maximum Gasteiger partial charge on any atom is 0.306 e. The fourth-order valence-electron chi connectivity index (χ4n) is 1.83. The van der Waals surface area contributed by atoms with Crippen molar-refractivity contribution in [2.75, 3.05) is 6.61 Å². The molecular weight excluding hydrogens is 188 g/mol. The summed E-state index contributed by atoms with van der Waals surface area (Å²) in [6, 6.07) is 0. The third kappa shape index (κ3) is 4.50. The average Bonchev–Trinajstić information content (AvgIpc) is 2.15. The predicted molar refractivity (Wildman–Crippen MR) is 61.4 cm³/mol. The molecule has 0 saturated heterocycles. The van der Waals surface area contributed by atoms with Gasteiger partial charge in [-0.2, -0.15) is 0 Å². The molecule has 2 nitrogen and oxygen atoms in total. The van der Waals surface area contributed by atoms with E-state index < -0.39 is 0 Å². The monoisotopic (exact) mass is 210 g/mol. The van der Waals surface area contributed by atoms with Crippen molar-refractivity contribution in [3.63, 3.8) is 0 Å². The van der Waals surface area contributed by atoms with Crippen LogP contribution in [0.2, 0.25) is 0 Å². The maximum atomic E-state index is 11.4. The first-order chi connectivity index (χ1) is 7.09. The van der Waals surface area contributed by atoms with Crippen LogP contribution in [0.15, 0.2) is 12.2 Å². The van der Waals surface area contributed by atoms with Crippen molar-refractivity contribution in [3.05, 3.63) is 12.2 Å². The number of allylic oxidation sites excluding steroid dienone is 2. The molecule has 0 bridgehead atoms. The third-order valence-electron chi connectivity index (χ3n) is 2.95. The Morgan fingerprint density at radius 1 is 1.40 bits per heavy atom. The molecule has 15 heavy (non-hydrogen) atoms. The first kappa shape index (κ1) is 12.3. The molecule has 0 aromatic heterocycles. The number of ether oxygens (including phenoxy) is 1. The van der Waals surface area contributed by atoms with Gasteiger partial charge in [-0.1, -0.05) is 32.9 Å². The highest BCUT2D eigenvalue weighted by molar-refractivity contribution is 5.69. The van der Waals surface area contributed by atoms with Crippen molar-refractivity contribution < 1.29 is 9.53 Å². The normalized spacial score (nSPS) is 25.6. The zero-order chi connectivity index (χ0) is 11.3. The van der Waals surface area contributed by atoms with E-state index in [4.69, 9.17) is 4.74 Å². The Labute approximate surface area is 92.7 Å². The van der Waals surface area contributed by atoms with E-state index in [2.05, 4.69) is 19.1 Å². The number of rotatable bonds is 4. The second kappa shape index (κ2) is 5.94. The number of hydrogen-bond donors (Lipinski definition) is 0. The Morgan fingerprint density at radius 2 is 2.07 bits per heavy atom. The van der Waals surface area contributed by atoms with Gasteiger partial charge in [0.1, 0.15) is 0 Å². The second-order valence-corrected chi connectivity index (χ2v) is 4.96. The molecule has 2 atom stereocenters. The quantitative estimate of drug-likeness (QED) is 0.526. The van der Waals surface area contributed by atoms with Gasteiger partial charge in [0.25, 0.3) is 0 Å². The molecule has 0 amide bonds. The molecule has 0 saturated carbocycles. The molecule has 0 aromatic rings. The number of carbonyl (C=O) groups is 1. The topological polar surface area (TPSA) is 26.3 Å². The summed E-state index contributed by atoms with van der Waals surface area (Å²) in [5.41, 5.74) is 0. The fourth-order valence-corrected chi connectivity index (χ4v) is 1.83. The van der Waals surface area contributed by atoms with Gasteiger partial charge in [-0.15, -0.1) is 0 Å². The summed E-state index contributed by atoms with van der Waals surface area (Å²) in [5, 5.41) is 0. The minimum atomic E-state index is -0.0493. The van der Waals surface area contributed by atoms with E-state index in [0.29, 0.717) is 30.8 Å². The van der Waals surface area contributed by atoms with Crippen LogP contribution in [0.3, 0.4) is 0 Å². The predicted octanol–water partition coefficient (Wildman–Crippen LogP) is 3.18. The van der Waals surface area contributed by atoms with Crippen molar-refractivity contribution in [2.24, 2.45) is 17.8 Å². The van der Waals surface area contributed by atoms with Crippen LogP contribution in [0, 0.1) is 17.8 Å². The van der Waals surface area contributed by atoms with Crippen molar-refractivity contribution in [2.45, 2.75) is 40.0 Å². The molecule has 1 aliphatic carbocycles. The van der Waals surface area contributed by atoms with Gasteiger partial charge in [-0.25, -0.2) is 0 Å². The van der Waals surface area contributed by atoms with Crippen LogP contribution in [-0.4, -0.2) is 12.6 Å². The first-order valence-corrected chi connectivity index (χ1v) is 5.90. The number of hydrogen-bond acceptors (Lipinski definition) is 2. The van der Waals surface area contributed by atoms with Gasteiger partial charge in [0.2, 0.25) is 0 Å². The van der Waals surface area contributed by atoms with E-state index in [1.54, 1.807) is 0 Å². The van der Waals surface area contributed by atoms with E-state index in [-0.39, 0.29) is 5.97 Å². The lowest BCUT2D eigenvalue weighted by Gasteiger charge is -2.24. The molecule has 1 aliphatic rings. The Kier molecular flexibility index (Phi) is 4.86.